The van der Waals surface area contributed by atoms with Gasteiger partial charge in [0.05, 0.1) is 0 Å². The lowest BCUT2D eigenvalue weighted by atomic mass is 10.1. The molecule has 3 nitrogen and oxygen atoms in total. The Bertz CT molecular complexity index is 338. The molecule has 0 fully saturated rings. The van der Waals surface area contributed by atoms with E-state index in [0.29, 0.717) is 19.4 Å². The minimum Gasteiger partial charge on any atom is -0.396 e. The average molecular weight is 256 g/mol. The molecule has 17 heavy (non-hydrogen) atoms. The van der Waals surface area contributed by atoms with Crippen molar-refractivity contribution in [2.75, 3.05) is 13.2 Å². The molecule has 1 aromatic rings. The Morgan fingerprint density at radius 2 is 1.94 bits per heavy atom. The van der Waals surface area contributed by atoms with Crippen LogP contribution in [0.3, 0.4) is 0 Å². The van der Waals surface area contributed by atoms with E-state index in [2.05, 4.69) is 5.32 Å². The summed E-state index contributed by atoms with van der Waals surface area (Å²) in [6.45, 7) is 0.789. The fraction of sp³-hybridized carbons (Fsp3) is 0.462. The van der Waals surface area contributed by atoms with Crippen LogP contribution in [0.1, 0.15) is 24.8 Å². The van der Waals surface area contributed by atoms with Gasteiger partial charge in [0.2, 0.25) is 5.91 Å². The van der Waals surface area contributed by atoms with Crippen LogP contribution in [0, 0.1) is 0 Å². The lowest BCUT2D eigenvalue weighted by Crippen LogP contribution is -2.25. The van der Waals surface area contributed by atoms with E-state index in [9.17, 15) is 4.79 Å². The molecule has 0 saturated heterocycles. The van der Waals surface area contributed by atoms with Gasteiger partial charge in [0.1, 0.15) is 0 Å². The third kappa shape index (κ3) is 6.29. The van der Waals surface area contributed by atoms with Crippen LogP contribution in [-0.2, 0) is 11.2 Å². The Kier molecular flexibility index (Phi) is 6.67. The topological polar surface area (TPSA) is 49.3 Å². The van der Waals surface area contributed by atoms with Gasteiger partial charge in [-0.1, -0.05) is 23.7 Å². The maximum absolute atomic E-state index is 11.3. The first kappa shape index (κ1) is 14.0. The van der Waals surface area contributed by atoms with Gasteiger partial charge in [0, 0.05) is 24.6 Å². The molecule has 0 heterocycles. The highest BCUT2D eigenvalue weighted by Gasteiger charge is 2.00. The summed E-state index contributed by atoms with van der Waals surface area (Å²) in [7, 11) is 0. The van der Waals surface area contributed by atoms with E-state index in [1.165, 1.54) is 0 Å². The van der Waals surface area contributed by atoms with Gasteiger partial charge in [0.15, 0.2) is 0 Å². The van der Waals surface area contributed by atoms with E-state index in [1.54, 1.807) is 0 Å². The van der Waals surface area contributed by atoms with Gasteiger partial charge in [-0.2, -0.15) is 0 Å². The number of carbonyl (C=O) groups excluding carboxylic acids is 1. The third-order valence-corrected chi connectivity index (χ3v) is 2.71. The number of unbranched alkanes of at least 4 members (excludes halogenated alkanes) is 1. The molecule has 1 amide bonds. The van der Waals surface area contributed by atoms with Crippen molar-refractivity contribution in [2.24, 2.45) is 0 Å². The Labute approximate surface area is 107 Å². The highest BCUT2D eigenvalue weighted by Crippen LogP contribution is 2.09. The fourth-order valence-electron chi connectivity index (χ4n) is 1.48. The molecule has 0 saturated carbocycles. The lowest BCUT2D eigenvalue weighted by molar-refractivity contribution is -0.121. The first-order chi connectivity index (χ1) is 8.22. The Balaban J connectivity index is 2.14. The van der Waals surface area contributed by atoms with E-state index >= 15 is 0 Å². The van der Waals surface area contributed by atoms with E-state index in [-0.39, 0.29) is 12.5 Å². The van der Waals surface area contributed by atoms with E-state index < -0.39 is 0 Å². The molecule has 94 valence electrons. The quantitative estimate of drug-likeness (QED) is 0.734. The molecule has 0 aliphatic heterocycles. The van der Waals surface area contributed by atoms with Crippen molar-refractivity contribution < 1.29 is 9.90 Å². The number of benzene rings is 1. The summed E-state index contributed by atoms with van der Waals surface area (Å²) in [4.78, 5) is 11.3. The maximum Gasteiger partial charge on any atom is 0.220 e. The van der Waals surface area contributed by atoms with Crippen molar-refractivity contribution in [3.05, 3.63) is 34.9 Å². The van der Waals surface area contributed by atoms with Crippen LogP contribution in [-0.4, -0.2) is 24.2 Å². The summed E-state index contributed by atoms with van der Waals surface area (Å²) in [5.41, 5.74) is 1.16. The molecule has 0 spiro atoms. The largest absolute Gasteiger partial charge is 0.396 e. The normalized spacial score (nSPS) is 10.2. The molecule has 1 rings (SSSR count). The first-order valence-corrected chi connectivity index (χ1v) is 6.22. The van der Waals surface area contributed by atoms with E-state index in [4.69, 9.17) is 16.7 Å². The standard InChI is InChI=1S/C13H18ClNO2/c14-12-6-4-11(5-7-12)8-9-15-13(17)3-1-2-10-16/h4-7,16H,1-3,8-10H2,(H,15,17). The molecule has 2 N–H and O–H groups in total. The summed E-state index contributed by atoms with van der Waals surface area (Å²) in [5, 5.41) is 12.2. The van der Waals surface area contributed by atoms with Gasteiger partial charge in [-0.15, -0.1) is 0 Å². The SMILES string of the molecule is O=C(CCCCO)NCCc1ccc(Cl)cc1. The maximum atomic E-state index is 11.3. The summed E-state index contributed by atoms with van der Waals surface area (Å²) in [6, 6.07) is 7.61. The monoisotopic (exact) mass is 255 g/mol. The lowest BCUT2D eigenvalue weighted by Gasteiger charge is -2.05. The minimum absolute atomic E-state index is 0.0485. The van der Waals surface area contributed by atoms with Crippen LogP contribution in [0.4, 0.5) is 0 Å². The van der Waals surface area contributed by atoms with Gasteiger partial charge in [-0.25, -0.2) is 0 Å². The number of rotatable bonds is 7. The second-order valence-electron chi connectivity index (χ2n) is 3.91. The fourth-order valence-corrected chi connectivity index (χ4v) is 1.61. The summed E-state index contributed by atoms with van der Waals surface area (Å²) < 4.78 is 0. The van der Waals surface area contributed by atoms with Crippen LogP contribution in [0.15, 0.2) is 24.3 Å². The molecule has 0 aromatic heterocycles. The van der Waals surface area contributed by atoms with E-state index in [1.807, 2.05) is 24.3 Å². The van der Waals surface area contributed by atoms with Gasteiger partial charge in [-0.3, -0.25) is 4.79 Å². The number of nitrogens with one attached hydrogen (secondary N) is 1. The van der Waals surface area contributed by atoms with Crippen LogP contribution >= 0.6 is 11.6 Å². The number of hydrogen-bond acceptors (Lipinski definition) is 2. The zero-order chi connectivity index (χ0) is 12.5. The third-order valence-electron chi connectivity index (χ3n) is 2.46. The molecule has 0 aliphatic carbocycles. The molecular formula is C13H18ClNO2. The molecule has 1 aromatic carbocycles. The smallest absolute Gasteiger partial charge is 0.220 e. The van der Waals surface area contributed by atoms with Gasteiger partial charge in [-0.05, 0) is 37.0 Å². The summed E-state index contributed by atoms with van der Waals surface area (Å²) in [5.74, 6) is 0.0485. The molecular weight excluding hydrogens is 238 g/mol. The first-order valence-electron chi connectivity index (χ1n) is 5.84. The predicted octanol–water partition coefficient (Wildman–Crippen LogP) is 2.16. The molecule has 0 aliphatic rings. The molecule has 0 bridgehead atoms. The Morgan fingerprint density at radius 3 is 2.59 bits per heavy atom. The highest BCUT2D eigenvalue weighted by atomic mass is 35.5. The number of carbonyl (C=O) groups is 1. The summed E-state index contributed by atoms with van der Waals surface area (Å²) >= 11 is 5.78. The number of hydrogen-bond donors (Lipinski definition) is 2. The highest BCUT2D eigenvalue weighted by molar-refractivity contribution is 6.30. The number of halogens is 1. The Morgan fingerprint density at radius 1 is 1.24 bits per heavy atom. The number of aliphatic hydroxyl groups excluding tert-OH is 1. The molecule has 0 atom stereocenters. The van der Waals surface area contributed by atoms with Crippen LogP contribution in [0.25, 0.3) is 0 Å². The number of aliphatic hydroxyl groups is 1. The zero-order valence-electron chi connectivity index (χ0n) is 9.79. The predicted molar refractivity (Wildman–Crippen MR) is 69.1 cm³/mol. The van der Waals surface area contributed by atoms with Gasteiger partial charge < -0.3 is 10.4 Å². The second-order valence-corrected chi connectivity index (χ2v) is 4.34. The number of amides is 1. The molecule has 4 heteroatoms. The zero-order valence-corrected chi connectivity index (χ0v) is 10.5. The van der Waals surface area contributed by atoms with Crippen molar-refractivity contribution >= 4 is 17.5 Å². The van der Waals surface area contributed by atoms with Crippen LogP contribution in [0.5, 0.6) is 0 Å². The van der Waals surface area contributed by atoms with Gasteiger partial charge >= 0.3 is 0 Å². The van der Waals surface area contributed by atoms with E-state index in [0.717, 1.165) is 23.4 Å². The molecule has 0 unspecified atom stereocenters. The average Bonchev–Trinajstić information content (AvgIpc) is 2.32. The summed E-state index contributed by atoms with van der Waals surface area (Å²) in [6.07, 6.45) is 2.72. The van der Waals surface area contributed by atoms with Crippen molar-refractivity contribution in [1.82, 2.24) is 5.32 Å². The van der Waals surface area contributed by atoms with Crippen molar-refractivity contribution in [1.29, 1.82) is 0 Å². The van der Waals surface area contributed by atoms with Crippen LogP contribution < -0.4 is 5.32 Å². The van der Waals surface area contributed by atoms with Gasteiger partial charge in [0.25, 0.3) is 0 Å². The van der Waals surface area contributed by atoms with Crippen molar-refractivity contribution in [3.8, 4) is 0 Å². The van der Waals surface area contributed by atoms with Crippen LogP contribution in [0.2, 0.25) is 5.02 Å². The Hall–Kier alpha value is -1.06. The van der Waals surface area contributed by atoms with Crippen molar-refractivity contribution in [2.45, 2.75) is 25.7 Å². The molecule has 0 radical (unpaired) electrons. The van der Waals surface area contributed by atoms with Crippen molar-refractivity contribution in [3.63, 3.8) is 0 Å². The second kappa shape index (κ2) is 8.09. The minimum atomic E-state index is 0.0485.